The summed E-state index contributed by atoms with van der Waals surface area (Å²) in [5.41, 5.74) is 0. The lowest BCUT2D eigenvalue weighted by Gasteiger charge is -2.37. The van der Waals surface area contributed by atoms with E-state index in [1.165, 1.54) is 193 Å². The summed E-state index contributed by atoms with van der Waals surface area (Å²) in [6.07, 6.45) is 38.3. The fourth-order valence-electron chi connectivity index (χ4n) is 8.43. The van der Waals surface area contributed by atoms with Gasteiger partial charge in [-0.05, 0) is 64.8 Å². The molecule has 7 nitrogen and oxygen atoms in total. The van der Waals surface area contributed by atoms with E-state index in [4.69, 9.17) is 0 Å². The fraction of sp³-hybridized carbons (Fsp3) is 0.959. The number of carbonyl (C=O) groups is 2. The Morgan fingerprint density at radius 2 is 0.554 bits per heavy atom. The molecule has 0 unspecified atom stereocenters. The van der Waals surface area contributed by atoms with Gasteiger partial charge >= 0.3 is 0 Å². The van der Waals surface area contributed by atoms with E-state index in [1.54, 1.807) is 0 Å². The number of carbonyl (C=O) groups excluding carboxylic acids is 2. The Hall–Kier alpha value is -1.18. The van der Waals surface area contributed by atoms with E-state index in [-0.39, 0.29) is 11.8 Å². The van der Waals surface area contributed by atoms with Crippen molar-refractivity contribution >= 4 is 11.8 Å². The quantitative estimate of drug-likeness (QED) is 0.0578. The van der Waals surface area contributed by atoms with Crippen LogP contribution in [0.25, 0.3) is 0 Å². The summed E-state index contributed by atoms with van der Waals surface area (Å²) in [5, 5.41) is 0. The van der Waals surface area contributed by atoms with Crippen LogP contribution in [0, 0.1) is 0 Å². The van der Waals surface area contributed by atoms with Crippen molar-refractivity contribution < 1.29 is 9.59 Å². The van der Waals surface area contributed by atoms with Crippen LogP contribution in [0.1, 0.15) is 221 Å². The molecule has 0 aromatic rings. The summed E-state index contributed by atoms with van der Waals surface area (Å²) in [6.45, 7) is 22.6. The van der Waals surface area contributed by atoms with E-state index in [9.17, 15) is 9.59 Å². The highest BCUT2D eigenvalue weighted by Crippen LogP contribution is 2.14. The van der Waals surface area contributed by atoms with Crippen molar-refractivity contribution in [1.29, 1.82) is 0 Å². The largest absolute Gasteiger partial charge is 0.338 e. The van der Waals surface area contributed by atoms with Crippen molar-refractivity contribution in [3.63, 3.8) is 0 Å². The SMILES string of the molecule is CCCCCCCCCN(CCCCCCCCC)CCN(CCCCCCCCC)CC(=O)N1CCN(C(=O)CN(CCC)CCCCCCCCC)CC1. The molecule has 7 heteroatoms. The van der Waals surface area contributed by atoms with Crippen molar-refractivity contribution in [1.82, 2.24) is 24.5 Å². The van der Waals surface area contributed by atoms with Crippen LogP contribution < -0.4 is 0 Å². The molecule has 0 N–H and O–H groups in total. The van der Waals surface area contributed by atoms with Gasteiger partial charge in [-0.1, -0.05) is 189 Å². The second-order valence-corrected chi connectivity index (χ2v) is 17.6. The summed E-state index contributed by atoms with van der Waals surface area (Å²) < 4.78 is 0. The van der Waals surface area contributed by atoms with Crippen LogP contribution >= 0.6 is 0 Å². The second-order valence-electron chi connectivity index (χ2n) is 17.6. The van der Waals surface area contributed by atoms with E-state index in [2.05, 4.69) is 54.2 Å². The van der Waals surface area contributed by atoms with Gasteiger partial charge in [0, 0.05) is 39.3 Å². The first kappa shape index (κ1) is 52.8. The fourth-order valence-corrected chi connectivity index (χ4v) is 8.43. The molecule has 56 heavy (non-hydrogen) atoms. The molecule has 0 radical (unpaired) electrons. The van der Waals surface area contributed by atoms with Crippen LogP contribution in [0.3, 0.4) is 0 Å². The highest BCUT2D eigenvalue weighted by Gasteiger charge is 2.26. The Balaban J connectivity index is 2.70. The Bertz CT molecular complexity index is 845. The zero-order valence-corrected chi connectivity index (χ0v) is 38.8. The molecule has 1 fully saturated rings. The van der Waals surface area contributed by atoms with Crippen LogP contribution in [-0.2, 0) is 9.59 Å². The summed E-state index contributed by atoms with van der Waals surface area (Å²) in [6, 6.07) is 0. The number of rotatable bonds is 41. The molecule has 1 aliphatic heterocycles. The zero-order chi connectivity index (χ0) is 40.7. The maximum atomic E-state index is 13.8. The summed E-state index contributed by atoms with van der Waals surface area (Å²) >= 11 is 0. The third-order valence-corrected chi connectivity index (χ3v) is 12.3. The maximum Gasteiger partial charge on any atom is 0.236 e. The maximum absolute atomic E-state index is 13.8. The normalized spacial score (nSPS) is 13.6. The molecule has 0 saturated carbocycles. The molecule has 1 rings (SSSR count). The molecule has 0 aromatic carbocycles. The van der Waals surface area contributed by atoms with Gasteiger partial charge in [-0.15, -0.1) is 0 Å². The lowest BCUT2D eigenvalue weighted by molar-refractivity contribution is -0.140. The molecule has 0 aliphatic carbocycles. The minimum atomic E-state index is 0.246. The van der Waals surface area contributed by atoms with Crippen molar-refractivity contribution in [3.8, 4) is 0 Å². The molecule has 332 valence electrons. The minimum absolute atomic E-state index is 0.246. The molecule has 1 heterocycles. The van der Waals surface area contributed by atoms with Gasteiger partial charge in [-0.25, -0.2) is 0 Å². The number of unbranched alkanes of at least 4 members (excludes halogenated alkanes) is 24. The Morgan fingerprint density at radius 3 is 0.857 bits per heavy atom. The van der Waals surface area contributed by atoms with Crippen LogP contribution in [0.2, 0.25) is 0 Å². The van der Waals surface area contributed by atoms with Gasteiger partial charge in [0.1, 0.15) is 0 Å². The van der Waals surface area contributed by atoms with Gasteiger partial charge in [-0.3, -0.25) is 19.4 Å². The van der Waals surface area contributed by atoms with Gasteiger partial charge in [0.25, 0.3) is 0 Å². The van der Waals surface area contributed by atoms with Gasteiger partial charge in [0.2, 0.25) is 11.8 Å². The summed E-state index contributed by atoms with van der Waals surface area (Å²) in [7, 11) is 0. The van der Waals surface area contributed by atoms with Gasteiger partial charge in [0.05, 0.1) is 13.1 Å². The van der Waals surface area contributed by atoms with Crippen LogP contribution in [0.4, 0.5) is 0 Å². The summed E-state index contributed by atoms with van der Waals surface area (Å²) in [5.74, 6) is 0.508. The highest BCUT2D eigenvalue weighted by atomic mass is 16.2. The first-order valence-electron chi connectivity index (χ1n) is 25.2. The van der Waals surface area contributed by atoms with Crippen LogP contribution in [0.5, 0.6) is 0 Å². The lowest BCUT2D eigenvalue weighted by Crippen LogP contribution is -2.54. The van der Waals surface area contributed by atoms with E-state index >= 15 is 0 Å². The highest BCUT2D eigenvalue weighted by molar-refractivity contribution is 5.80. The third kappa shape index (κ3) is 29.9. The van der Waals surface area contributed by atoms with Gasteiger partial charge in [-0.2, -0.15) is 0 Å². The number of amides is 2. The van der Waals surface area contributed by atoms with E-state index < -0.39 is 0 Å². The third-order valence-electron chi connectivity index (χ3n) is 12.3. The van der Waals surface area contributed by atoms with Crippen LogP contribution in [0.15, 0.2) is 0 Å². The summed E-state index contributed by atoms with van der Waals surface area (Å²) in [4.78, 5) is 38.9. The van der Waals surface area contributed by atoms with Crippen molar-refractivity contribution in [2.75, 3.05) is 85.1 Å². The van der Waals surface area contributed by atoms with Crippen molar-refractivity contribution in [2.24, 2.45) is 0 Å². The van der Waals surface area contributed by atoms with Crippen molar-refractivity contribution in [3.05, 3.63) is 0 Å². The van der Waals surface area contributed by atoms with Gasteiger partial charge < -0.3 is 14.7 Å². The molecule has 1 saturated heterocycles. The minimum Gasteiger partial charge on any atom is -0.338 e. The molecule has 1 aliphatic rings. The molecule has 0 bridgehead atoms. The van der Waals surface area contributed by atoms with Crippen molar-refractivity contribution in [2.45, 2.75) is 221 Å². The predicted molar refractivity (Wildman–Crippen MR) is 245 cm³/mol. The lowest BCUT2D eigenvalue weighted by atomic mass is 10.1. The molecule has 0 atom stereocenters. The Morgan fingerprint density at radius 1 is 0.304 bits per heavy atom. The molecular weight excluding hydrogens is 691 g/mol. The molecular formula is C49H99N5O2. The predicted octanol–water partition coefficient (Wildman–Crippen LogP) is 12.0. The van der Waals surface area contributed by atoms with Crippen LogP contribution in [-0.4, -0.2) is 121 Å². The molecule has 2 amide bonds. The Kier molecular flexibility index (Phi) is 37.1. The standard InChI is InChI=1S/C49H99N5O2/c1-6-11-15-19-23-27-31-36-50(37-32-28-24-20-16-12-7-2)40-41-52(39-34-30-26-22-18-14-9-4)47-49(56)54-44-42-53(43-45-54)48(55)46-51(35-10-5)38-33-29-25-21-17-13-8-3/h6-47H2,1-5H3. The number of hydrogen-bond acceptors (Lipinski definition) is 5. The van der Waals surface area contributed by atoms with E-state index in [0.29, 0.717) is 39.3 Å². The smallest absolute Gasteiger partial charge is 0.236 e. The average Bonchev–Trinajstić information content (AvgIpc) is 3.20. The Labute approximate surface area is 350 Å². The monoisotopic (exact) mass is 790 g/mol. The number of hydrogen-bond donors (Lipinski definition) is 0. The first-order chi connectivity index (χ1) is 27.5. The first-order valence-corrected chi connectivity index (χ1v) is 25.2. The zero-order valence-electron chi connectivity index (χ0n) is 38.8. The number of nitrogens with zero attached hydrogens (tertiary/aromatic N) is 5. The second kappa shape index (κ2) is 39.3. The molecule has 0 aromatic heterocycles. The van der Waals surface area contributed by atoms with E-state index in [0.717, 1.165) is 39.1 Å². The number of piperazine rings is 1. The van der Waals surface area contributed by atoms with E-state index in [1.807, 2.05) is 4.90 Å². The molecule has 0 spiro atoms. The average molecular weight is 790 g/mol. The topological polar surface area (TPSA) is 50.3 Å². The van der Waals surface area contributed by atoms with Gasteiger partial charge in [0.15, 0.2) is 0 Å².